The number of hydrogen-bond acceptors (Lipinski definition) is 5. The highest BCUT2D eigenvalue weighted by atomic mass is 32.1. The fourth-order valence-electron chi connectivity index (χ4n) is 2.25. The molecule has 1 N–H and O–H groups in total. The molecule has 0 aromatic heterocycles. The average Bonchev–Trinajstić information content (AvgIpc) is 2.88. The van der Waals surface area contributed by atoms with Gasteiger partial charge in [0.2, 0.25) is 0 Å². The van der Waals surface area contributed by atoms with Crippen molar-refractivity contribution in [1.82, 2.24) is 0 Å². The van der Waals surface area contributed by atoms with Gasteiger partial charge in [-0.25, -0.2) is 0 Å². The molecular weight excluding hydrogens is 264 g/mol. The first kappa shape index (κ1) is 14.2. The van der Waals surface area contributed by atoms with Crippen LogP contribution in [0.4, 0.5) is 0 Å². The maximum absolute atomic E-state index is 11.6. The fourth-order valence-corrected chi connectivity index (χ4v) is 2.38. The molecule has 5 heteroatoms. The monoisotopic (exact) mass is 280 g/mol. The van der Waals surface area contributed by atoms with Gasteiger partial charge in [0, 0.05) is 12.8 Å². The minimum absolute atomic E-state index is 0.00292. The van der Waals surface area contributed by atoms with Crippen molar-refractivity contribution in [3.8, 4) is 0 Å². The summed E-state index contributed by atoms with van der Waals surface area (Å²) in [6.07, 6.45) is 7.81. The Morgan fingerprint density at radius 1 is 1.16 bits per heavy atom. The van der Waals surface area contributed by atoms with E-state index in [0.717, 1.165) is 5.57 Å². The lowest BCUT2D eigenvalue weighted by Crippen LogP contribution is -2.02. The van der Waals surface area contributed by atoms with E-state index in [4.69, 9.17) is 4.18 Å². The molecule has 2 aliphatic rings. The highest BCUT2D eigenvalue weighted by Gasteiger charge is 2.23. The van der Waals surface area contributed by atoms with Crippen molar-refractivity contribution < 1.29 is 18.9 Å². The van der Waals surface area contributed by atoms with Gasteiger partial charge < -0.3 is 9.29 Å². The molecule has 0 fully saturated rings. The molecule has 0 radical (unpaired) electrons. The van der Waals surface area contributed by atoms with Crippen molar-refractivity contribution in [1.29, 1.82) is 0 Å². The van der Waals surface area contributed by atoms with Crippen LogP contribution >= 0.6 is 12.9 Å². The van der Waals surface area contributed by atoms with Gasteiger partial charge in [-0.2, -0.15) is 0 Å². The maximum Gasteiger partial charge on any atom is 0.161 e. The lowest BCUT2D eigenvalue weighted by molar-refractivity contribution is -0.116. The third-order valence-electron chi connectivity index (χ3n) is 3.26. The van der Waals surface area contributed by atoms with Gasteiger partial charge >= 0.3 is 0 Å². The lowest BCUT2D eigenvalue weighted by atomic mass is 10.1. The third-order valence-corrected chi connectivity index (χ3v) is 3.53. The summed E-state index contributed by atoms with van der Waals surface area (Å²) >= 11 is 3.70. The minimum atomic E-state index is -0.636. The summed E-state index contributed by atoms with van der Waals surface area (Å²) < 4.78 is 4.82. The topological polar surface area (TPSA) is 63.6 Å². The number of ketones is 2. The van der Waals surface area contributed by atoms with Crippen LogP contribution in [-0.4, -0.2) is 28.9 Å². The summed E-state index contributed by atoms with van der Waals surface area (Å²) in [4.78, 5) is 23.0. The van der Waals surface area contributed by atoms with Gasteiger partial charge in [0.15, 0.2) is 11.6 Å². The molecule has 0 spiro atoms. The van der Waals surface area contributed by atoms with Crippen LogP contribution in [0.5, 0.6) is 0 Å². The van der Waals surface area contributed by atoms with E-state index < -0.39 is 6.10 Å². The van der Waals surface area contributed by atoms with Gasteiger partial charge in [-0.05, 0) is 49.0 Å². The molecule has 0 bridgehead atoms. The zero-order valence-electron chi connectivity index (χ0n) is 10.4. The van der Waals surface area contributed by atoms with Gasteiger partial charge in [0.25, 0.3) is 0 Å². The summed E-state index contributed by atoms with van der Waals surface area (Å²) in [5.74, 6) is 0.0760. The molecule has 4 nitrogen and oxygen atoms in total. The summed E-state index contributed by atoms with van der Waals surface area (Å²) in [6.45, 7) is 0. The standard InChI is InChI=1S/C14H16O4S/c15-11-5-9(13(16)7-11)3-1-2-4-10-6-12(18-19)8-14(10)17/h1-2,5-6,11-12,15,19H,3-4,7-8H2/b2-1+/t11-,12-/m0/s1. The number of carbonyl (C=O) groups excluding carboxylic acids is 2. The molecule has 19 heavy (non-hydrogen) atoms. The Balaban J connectivity index is 1.83. The second-order valence-electron chi connectivity index (χ2n) is 4.73. The smallest absolute Gasteiger partial charge is 0.161 e. The van der Waals surface area contributed by atoms with Crippen LogP contribution in [0, 0.1) is 0 Å². The Morgan fingerprint density at radius 2 is 1.74 bits per heavy atom. The number of aliphatic hydroxyl groups excluding tert-OH is 1. The van der Waals surface area contributed by atoms with Crippen molar-refractivity contribution in [2.45, 2.75) is 37.9 Å². The van der Waals surface area contributed by atoms with Crippen LogP contribution in [0.1, 0.15) is 25.7 Å². The van der Waals surface area contributed by atoms with Gasteiger partial charge in [-0.1, -0.05) is 12.2 Å². The van der Waals surface area contributed by atoms with E-state index in [0.29, 0.717) is 24.8 Å². The van der Waals surface area contributed by atoms with Crippen LogP contribution in [0.3, 0.4) is 0 Å². The highest BCUT2D eigenvalue weighted by Crippen LogP contribution is 2.22. The fraction of sp³-hybridized carbons (Fsp3) is 0.429. The number of allylic oxidation sites excluding steroid dienone is 4. The molecular formula is C14H16O4S. The van der Waals surface area contributed by atoms with Gasteiger partial charge in [-0.3, -0.25) is 9.59 Å². The molecule has 2 atom stereocenters. The number of aliphatic hydroxyl groups is 1. The summed E-state index contributed by atoms with van der Waals surface area (Å²) in [5, 5.41) is 9.29. The third kappa shape index (κ3) is 3.65. The quantitative estimate of drug-likeness (QED) is 0.457. The Labute approximate surface area is 117 Å². The van der Waals surface area contributed by atoms with Crippen molar-refractivity contribution in [3.63, 3.8) is 0 Å². The molecule has 0 amide bonds. The summed E-state index contributed by atoms with van der Waals surface area (Å²) in [7, 11) is 0. The molecule has 0 aromatic carbocycles. The number of Topliss-reactive ketones (excluding diaryl/α,β-unsaturated/α-hetero) is 2. The van der Waals surface area contributed by atoms with Crippen LogP contribution in [0.2, 0.25) is 0 Å². The molecule has 0 aliphatic heterocycles. The van der Waals surface area contributed by atoms with E-state index >= 15 is 0 Å². The normalized spacial score (nSPS) is 27.3. The predicted molar refractivity (Wildman–Crippen MR) is 73.7 cm³/mol. The predicted octanol–water partition coefficient (Wildman–Crippen LogP) is 1.71. The van der Waals surface area contributed by atoms with E-state index in [2.05, 4.69) is 12.9 Å². The van der Waals surface area contributed by atoms with Crippen molar-refractivity contribution in [2.75, 3.05) is 0 Å². The van der Waals surface area contributed by atoms with Gasteiger partial charge in [-0.15, -0.1) is 0 Å². The molecule has 0 saturated carbocycles. The van der Waals surface area contributed by atoms with Crippen molar-refractivity contribution in [2.24, 2.45) is 0 Å². The van der Waals surface area contributed by atoms with Crippen LogP contribution < -0.4 is 0 Å². The van der Waals surface area contributed by atoms with Crippen molar-refractivity contribution in [3.05, 3.63) is 35.5 Å². The first-order valence-corrected chi connectivity index (χ1v) is 6.57. The Bertz CT molecular complexity index is 476. The first-order chi connectivity index (χ1) is 9.10. The molecule has 102 valence electrons. The van der Waals surface area contributed by atoms with Gasteiger partial charge in [0.05, 0.1) is 12.2 Å². The Kier molecular flexibility index (Phi) is 4.74. The summed E-state index contributed by atoms with van der Waals surface area (Å²) in [6, 6.07) is 0. The second-order valence-corrected chi connectivity index (χ2v) is 4.94. The van der Waals surface area contributed by atoms with Gasteiger partial charge in [0.1, 0.15) is 0 Å². The van der Waals surface area contributed by atoms with E-state index in [9.17, 15) is 14.7 Å². The number of rotatable bonds is 5. The summed E-state index contributed by atoms with van der Waals surface area (Å²) in [5.41, 5.74) is 1.37. The minimum Gasteiger partial charge on any atom is -0.389 e. The average molecular weight is 280 g/mol. The molecule has 0 unspecified atom stereocenters. The zero-order valence-corrected chi connectivity index (χ0v) is 11.3. The zero-order chi connectivity index (χ0) is 13.8. The lowest BCUT2D eigenvalue weighted by Gasteiger charge is -1.97. The van der Waals surface area contributed by atoms with E-state index in [-0.39, 0.29) is 24.1 Å². The van der Waals surface area contributed by atoms with Crippen LogP contribution in [0.15, 0.2) is 35.5 Å². The first-order valence-electron chi connectivity index (χ1n) is 6.21. The van der Waals surface area contributed by atoms with Crippen molar-refractivity contribution >= 4 is 24.5 Å². The molecule has 0 heterocycles. The van der Waals surface area contributed by atoms with Crippen LogP contribution in [0.25, 0.3) is 0 Å². The van der Waals surface area contributed by atoms with E-state index in [1.807, 2.05) is 12.2 Å². The molecule has 0 aromatic rings. The number of hydrogen-bond donors (Lipinski definition) is 2. The van der Waals surface area contributed by atoms with Crippen LogP contribution in [-0.2, 0) is 13.8 Å². The SMILES string of the molecule is O=C1C[C@@H](O)C=C1C/C=C/CC1=C[C@H](OS)CC1=O. The highest BCUT2D eigenvalue weighted by molar-refractivity contribution is 7.75. The van der Waals surface area contributed by atoms with E-state index in [1.165, 1.54) is 0 Å². The molecule has 2 aliphatic carbocycles. The Morgan fingerprint density at radius 3 is 2.21 bits per heavy atom. The van der Waals surface area contributed by atoms with E-state index in [1.54, 1.807) is 12.2 Å². The largest absolute Gasteiger partial charge is 0.389 e. The molecule has 2 rings (SSSR count). The second kappa shape index (κ2) is 6.32. The number of thiol groups is 1. The molecule has 0 saturated heterocycles. The Hall–Kier alpha value is -1.17. The number of carbonyl (C=O) groups is 2. The maximum atomic E-state index is 11.6.